The smallest absolute Gasteiger partial charge is 0.320 e. The van der Waals surface area contributed by atoms with Crippen molar-refractivity contribution in [1.82, 2.24) is 19.8 Å². The van der Waals surface area contributed by atoms with Gasteiger partial charge in [0, 0.05) is 51.3 Å². The number of ether oxygens (including phenoxy) is 2. The zero-order chi connectivity index (χ0) is 15.4. The lowest BCUT2D eigenvalue weighted by atomic mass is 10.1. The fourth-order valence-electron chi connectivity index (χ4n) is 2.79. The number of amides is 2. The number of nitrogens with zero attached hydrogens (tertiary/aromatic N) is 4. The first-order valence-electron chi connectivity index (χ1n) is 7.80. The van der Waals surface area contributed by atoms with E-state index in [-0.39, 0.29) is 12.1 Å². The van der Waals surface area contributed by atoms with Crippen LogP contribution in [-0.4, -0.2) is 71.3 Å². The van der Waals surface area contributed by atoms with Crippen LogP contribution in [0.2, 0.25) is 0 Å². The van der Waals surface area contributed by atoms with Gasteiger partial charge in [0.05, 0.1) is 13.2 Å². The van der Waals surface area contributed by atoms with Crippen molar-refractivity contribution in [3.63, 3.8) is 0 Å². The van der Waals surface area contributed by atoms with Crippen molar-refractivity contribution in [2.75, 3.05) is 39.4 Å². The molecule has 120 valence electrons. The van der Waals surface area contributed by atoms with Crippen molar-refractivity contribution in [3.8, 4) is 5.88 Å². The molecule has 0 aliphatic carbocycles. The van der Waals surface area contributed by atoms with E-state index in [4.69, 9.17) is 9.47 Å². The Morgan fingerprint density at radius 3 is 2.59 bits per heavy atom. The summed E-state index contributed by atoms with van der Waals surface area (Å²) < 4.78 is 11.2. The molecule has 0 atom stereocenters. The molecule has 22 heavy (non-hydrogen) atoms. The molecule has 2 aliphatic heterocycles. The van der Waals surface area contributed by atoms with Crippen molar-refractivity contribution in [3.05, 3.63) is 18.1 Å². The van der Waals surface area contributed by atoms with E-state index >= 15 is 0 Å². The van der Waals surface area contributed by atoms with Gasteiger partial charge in [-0.1, -0.05) is 0 Å². The highest BCUT2D eigenvalue weighted by Crippen LogP contribution is 2.18. The second-order valence-corrected chi connectivity index (χ2v) is 5.63. The summed E-state index contributed by atoms with van der Waals surface area (Å²) in [5, 5.41) is 0. The van der Waals surface area contributed by atoms with Crippen LogP contribution < -0.4 is 4.74 Å². The lowest BCUT2D eigenvalue weighted by Gasteiger charge is -2.36. The summed E-state index contributed by atoms with van der Waals surface area (Å²) in [6.45, 7) is 5.95. The zero-order valence-electron chi connectivity index (χ0n) is 12.9. The lowest BCUT2D eigenvalue weighted by Crippen LogP contribution is -2.51. The van der Waals surface area contributed by atoms with Crippen LogP contribution in [0.25, 0.3) is 0 Å². The number of rotatable bonds is 2. The summed E-state index contributed by atoms with van der Waals surface area (Å²) >= 11 is 0. The maximum absolute atomic E-state index is 12.4. The van der Waals surface area contributed by atoms with Crippen molar-refractivity contribution in [1.29, 1.82) is 0 Å². The van der Waals surface area contributed by atoms with E-state index in [1.165, 1.54) is 0 Å². The Bertz CT molecular complexity index is 511. The largest absolute Gasteiger partial charge is 0.474 e. The Kier molecular flexibility index (Phi) is 4.72. The second-order valence-electron chi connectivity index (χ2n) is 5.63. The molecular formula is C15H22N4O3. The zero-order valence-corrected chi connectivity index (χ0v) is 12.9. The van der Waals surface area contributed by atoms with Crippen molar-refractivity contribution in [2.24, 2.45) is 0 Å². The van der Waals surface area contributed by atoms with Gasteiger partial charge < -0.3 is 19.3 Å². The number of likely N-dealkylation sites (tertiary alicyclic amines) is 1. The number of piperidine rings is 1. The molecule has 1 aromatic heterocycles. The summed E-state index contributed by atoms with van der Waals surface area (Å²) in [4.78, 5) is 24.5. The van der Waals surface area contributed by atoms with Gasteiger partial charge in [-0.3, -0.25) is 0 Å². The van der Waals surface area contributed by atoms with Crippen LogP contribution in [-0.2, 0) is 4.74 Å². The molecule has 1 aromatic rings. The number of aryl methyl sites for hydroxylation is 1. The highest BCUT2D eigenvalue weighted by molar-refractivity contribution is 5.74. The summed E-state index contributed by atoms with van der Waals surface area (Å²) in [6.07, 6.45) is 3.48. The first-order chi connectivity index (χ1) is 10.7. The van der Waals surface area contributed by atoms with Gasteiger partial charge in [-0.2, -0.15) is 4.98 Å². The molecule has 0 unspecified atom stereocenters. The molecule has 0 bridgehead atoms. The normalized spacial score (nSPS) is 20.0. The minimum absolute atomic E-state index is 0.114. The molecule has 3 rings (SSSR count). The molecule has 3 heterocycles. The fraction of sp³-hybridized carbons (Fsp3) is 0.667. The van der Waals surface area contributed by atoms with Crippen LogP contribution in [0.5, 0.6) is 5.88 Å². The van der Waals surface area contributed by atoms with Crippen LogP contribution >= 0.6 is 0 Å². The van der Waals surface area contributed by atoms with E-state index < -0.39 is 0 Å². The minimum atomic E-state index is 0.114. The van der Waals surface area contributed by atoms with Gasteiger partial charge in [0.25, 0.3) is 0 Å². The average Bonchev–Trinajstić information content (AvgIpc) is 2.56. The van der Waals surface area contributed by atoms with Gasteiger partial charge in [0.1, 0.15) is 11.9 Å². The van der Waals surface area contributed by atoms with E-state index in [2.05, 4.69) is 9.97 Å². The molecule has 2 amide bonds. The van der Waals surface area contributed by atoms with Crippen molar-refractivity contribution < 1.29 is 14.3 Å². The monoisotopic (exact) mass is 306 g/mol. The third kappa shape index (κ3) is 3.65. The van der Waals surface area contributed by atoms with Crippen LogP contribution in [0, 0.1) is 6.92 Å². The third-order valence-corrected chi connectivity index (χ3v) is 4.03. The Hall–Kier alpha value is -1.89. The summed E-state index contributed by atoms with van der Waals surface area (Å²) in [5.41, 5.74) is 0. The van der Waals surface area contributed by atoms with Crippen LogP contribution in [0.3, 0.4) is 0 Å². The Labute approximate surface area is 130 Å². The number of aromatic nitrogens is 2. The summed E-state index contributed by atoms with van der Waals surface area (Å²) in [6, 6.07) is 1.90. The quantitative estimate of drug-likeness (QED) is 0.818. The number of hydrogen-bond donors (Lipinski definition) is 0. The number of carbonyl (C=O) groups excluding carboxylic acids is 1. The fourth-order valence-corrected chi connectivity index (χ4v) is 2.79. The maximum atomic E-state index is 12.4. The number of urea groups is 1. The molecule has 0 saturated carbocycles. The summed E-state index contributed by atoms with van der Waals surface area (Å²) in [5.74, 6) is 1.32. The van der Waals surface area contributed by atoms with Gasteiger partial charge in [-0.25, -0.2) is 9.78 Å². The number of morpholine rings is 1. The average molecular weight is 306 g/mol. The number of hydrogen-bond acceptors (Lipinski definition) is 5. The Morgan fingerprint density at radius 2 is 1.91 bits per heavy atom. The second kappa shape index (κ2) is 6.91. The van der Waals surface area contributed by atoms with E-state index in [1.807, 2.05) is 16.7 Å². The van der Waals surface area contributed by atoms with E-state index in [1.54, 1.807) is 12.3 Å². The van der Waals surface area contributed by atoms with E-state index in [0.717, 1.165) is 25.9 Å². The topological polar surface area (TPSA) is 67.8 Å². The van der Waals surface area contributed by atoms with Gasteiger partial charge in [-0.15, -0.1) is 0 Å². The predicted molar refractivity (Wildman–Crippen MR) is 79.8 cm³/mol. The minimum Gasteiger partial charge on any atom is -0.474 e. The molecule has 2 fully saturated rings. The van der Waals surface area contributed by atoms with E-state index in [9.17, 15) is 4.79 Å². The van der Waals surface area contributed by atoms with Gasteiger partial charge in [0.2, 0.25) is 5.88 Å². The molecule has 2 aliphatic rings. The SMILES string of the molecule is Cc1nccc(OC2CCN(C(=O)N3CCOCC3)CC2)n1. The first-order valence-corrected chi connectivity index (χ1v) is 7.80. The standard InChI is InChI=1S/C15H22N4O3/c1-12-16-5-2-14(17-12)22-13-3-6-18(7-4-13)15(20)19-8-10-21-11-9-19/h2,5,13H,3-4,6-11H2,1H3. The molecule has 7 heteroatoms. The molecule has 2 saturated heterocycles. The molecule has 0 radical (unpaired) electrons. The van der Waals surface area contributed by atoms with E-state index in [0.29, 0.717) is 38.0 Å². The summed E-state index contributed by atoms with van der Waals surface area (Å²) in [7, 11) is 0. The molecule has 0 spiro atoms. The molecule has 7 nitrogen and oxygen atoms in total. The van der Waals surface area contributed by atoms with Gasteiger partial charge >= 0.3 is 6.03 Å². The number of carbonyl (C=O) groups is 1. The van der Waals surface area contributed by atoms with Crippen molar-refractivity contribution in [2.45, 2.75) is 25.9 Å². The maximum Gasteiger partial charge on any atom is 0.320 e. The van der Waals surface area contributed by atoms with Gasteiger partial charge in [-0.05, 0) is 6.92 Å². The van der Waals surface area contributed by atoms with Crippen LogP contribution in [0.15, 0.2) is 12.3 Å². The molecule has 0 aromatic carbocycles. The third-order valence-electron chi connectivity index (χ3n) is 4.03. The highest BCUT2D eigenvalue weighted by Gasteiger charge is 2.28. The highest BCUT2D eigenvalue weighted by atomic mass is 16.5. The first kappa shape index (κ1) is 15.0. The predicted octanol–water partition coefficient (Wildman–Crippen LogP) is 1.08. The van der Waals surface area contributed by atoms with Gasteiger partial charge in [0.15, 0.2) is 0 Å². The lowest BCUT2D eigenvalue weighted by molar-refractivity contribution is 0.0357. The molecular weight excluding hydrogens is 284 g/mol. The Morgan fingerprint density at radius 1 is 1.23 bits per heavy atom. The van der Waals surface area contributed by atoms with Crippen LogP contribution in [0.4, 0.5) is 4.79 Å². The molecule has 0 N–H and O–H groups in total. The Balaban J connectivity index is 1.48. The van der Waals surface area contributed by atoms with Crippen LogP contribution in [0.1, 0.15) is 18.7 Å². The van der Waals surface area contributed by atoms with Crippen molar-refractivity contribution >= 4 is 6.03 Å².